The predicted molar refractivity (Wildman–Crippen MR) is 16.1 cm³/mol. The van der Waals surface area contributed by atoms with Crippen LogP contribution in [0.4, 0.5) is 0 Å². The van der Waals surface area contributed by atoms with E-state index in [9.17, 15) is 0 Å². The summed E-state index contributed by atoms with van der Waals surface area (Å²) in [6, 6.07) is 0. The monoisotopic (exact) mass is 106 g/mol. The van der Waals surface area contributed by atoms with Crippen LogP contribution in [0.15, 0.2) is 3.53 Å². The van der Waals surface area contributed by atoms with Gasteiger partial charge in [-0.25, -0.2) is 0 Å². The maximum absolute atomic E-state index is 3.60. The molecular formula is C2H6N2Ti+. The molecule has 2 nitrogen and oxygen atoms in total. The summed E-state index contributed by atoms with van der Waals surface area (Å²) in [5.74, 6) is 0. The summed E-state index contributed by atoms with van der Waals surface area (Å²) in [5, 5.41) is 0. The van der Waals surface area contributed by atoms with Crippen molar-refractivity contribution in [3.8, 4) is 0 Å². The molecule has 0 aromatic heterocycles. The topological polar surface area (TPSA) is 24.4 Å². The Morgan fingerprint density at radius 1 is 2.00 bits per heavy atom. The van der Waals surface area contributed by atoms with Gasteiger partial charge in [0.05, 0.1) is 0 Å². The van der Waals surface area contributed by atoms with Gasteiger partial charge < -0.3 is 0 Å². The molecule has 1 N–H and O–H groups in total. The molecule has 0 heterocycles. The zero-order valence-electron chi connectivity index (χ0n) is 3.15. The third-order valence-corrected chi connectivity index (χ3v) is 0.484. The molecule has 0 unspecified atom stereocenters. The third kappa shape index (κ3) is 4.47. The SMILES string of the molecule is CCN[N]=[Ti+]. The maximum atomic E-state index is 3.60. The molecule has 0 saturated heterocycles. The number of nitrogens with one attached hydrogen (secondary N) is 1. The number of hydrogen-bond acceptors (Lipinski definition) is 2. The zero-order valence-corrected chi connectivity index (χ0v) is 4.72. The molecular weight excluding hydrogens is 99.9 g/mol. The summed E-state index contributed by atoms with van der Waals surface area (Å²) in [4.78, 5) is 0. The van der Waals surface area contributed by atoms with Gasteiger partial charge in [0.1, 0.15) is 0 Å². The molecule has 0 amide bonds. The van der Waals surface area contributed by atoms with Gasteiger partial charge in [0, 0.05) is 0 Å². The summed E-state index contributed by atoms with van der Waals surface area (Å²) < 4.78 is 3.60. The Hall–Kier alpha value is 0.474. The first-order valence-corrected chi connectivity index (χ1v) is 2.21. The van der Waals surface area contributed by atoms with Crippen molar-refractivity contribution in [3.05, 3.63) is 0 Å². The van der Waals surface area contributed by atoms with Crippen LogP contribution < -0.4 is 5.43 Å². The molecule has 0 aliphatic heterocycles. The molecule has 5 heavy (non-hydrogen) atoms. The van der Waals surface area contributed by atoms with Crippen molar-refractivity contribution < 1.29 is 20.3 Å². The van der Waals surface area contributed by atoms with Gasteiger partial charge in [-0.15, -0.1) is 0 Å². The second-order valence-corrected chi connectivity index (χ2v) is 0.973. The number of rotatable bonds is 2. The Labute approximate surface area is 43.2 Å². The first-order valence-electron chi connectivity index (χ1n) is 1.51. The summed E-state index contributed by atoms with van der Waals surface area (Å²) in [6.07, 6.45) is 0. The molecule has 0 aromatic rings. The molecule has 0 rings (SSSR count). The zero-order chi connectivity index (χ0) is 4.12. The fraction of sp³-hybridized carbons (Fsp3) is 1.00. The van der Waals surface area contributed by atoms with Gasteiger partial charge in [-0.05, 0) is 0 Å². The molecule has 0 aliphatic carbocycles. The van der Waals surface area contributed by atoms with E-state index < -0.39 is 0 Å². The Kier molecular flexibility index (Phi) is 4.90. The van der Waals surface area contributed by atoms with Crippen molar-refractivity contribution in [2.75, 3.05) is 6.54 Å². The number of hydrogen-bond donors (Lipinski definition) is 1. The summed E-state index contributed by atoms with van der Waals surface area (Å²) >= 11 is 1.73. The fourth-order valence-electron chi connectivity index (χ4n) is 0.0791. The Bertz CT molecular complexity index is 28.8. The van der Waals surface area contributed by atoms with Gasteiger partial charge in [0.2, 0.25) is 0 Å². The average molecular weight is 106 g/mol. The van der Waals surface area contributed by atoms with E-state index in [-0.39, 0.29) is 0 Å². The van der Waals surface area contributed by atoms with E-state index in [2.05, 4.69) is 8.95 Å². The van der Waals surface area contributed by atoms with E-state index in [1.54, 1.807) is 20.3 Å². The van der Waals surface area contributed by atoms with E-state index in [0.29, 0.717) is 0 Å². The van der Waals surface area contributed by atoms with Crippen LogP contribution in [0, 0.1) is 0 Å². The Morgan fingerprint density at radius 2 is 2.60 bits per heavy atom. The van der Waals surface area contributed by atoms with Crippen molar-refractivity contribution in [3.63, 3.8) is 0 Å². The van der Waals surface area contributed by atoms with E-state index in [1.165, 1.54) is 0 Å². The van der Waals surface area contributed by atoms with Crippen molar-refractivity contribution in [2.45, 2.75) is 6.92 Å². The van der Waals surface area contributed by atoms with Crippen LogP contribution >= 0.6 is 0 Å². The summed E-state index contributed by atoms with van der Waals surface area (Å²) in [7, 11) is 0. The second kappa shape index (κ2) is 4.47. The second-order valence-electron chi connectivity index (χ2n) is 0.623. The van der Waals surface area contributed by atoms with Crippen LogP contribution in [0.5, 0.6) is 0 Å². The van der Waals surface area contributed by atoms with E-state index in [0.717, 1.165) is 6.54 Å². The van der Waals surface area contributed by atoms with Gasteiger partial charge in [0.25, 0.3) is 0 Å². The summed E-state index contributed by atoms with van der Waals surface area (Å²) in [5.41, 5.74) is 2.74. The molecule has 0 aliphatic rings. The minimum atomic E-state index is 0.927. The molecule has 0 saturated carbocycles. The van der Waals surface area contributed by atoms with Crippen molar-refractivity contribution in [1.29, 1.82) is 0 Å². The van der Waals surface area contributed by atoms with Crippen molar-refractivity contribution >= 4 is 0 Å². The Balaban J connectivity index is 2.40. The number of nitrogens with zero attached hydrogens (tertiary/aromatic N) is 1. The van der Waals surface area contributed by atoms with Crippen LogP contribution in [0.1, 0.15) is 6.92 Å². The van der Waals surface area contributed by atoms with Gasteiger partial charge in [-0.2, -0.15) is 0 Å². The molecule has 0 bridgehead atoms. The molecule has 0 atom stereocenters. The van der Waals surface area contributed by atoms with Gasteiger partial charge in [0.15, 0.2) is 0 Å². The van der Waals surface area contributed by atoms with Crippen molar-refractivity contribution in [1.82, 2.24) is 5.43 Å². The van der Waals surface area contributed by atoms with Crippen LogP contribution in [-0.4, -0.2) is 6.54 Å². The van der Waals surface area contributed by atoms with Crippen LogP contribution in [0.3, 0.4) is 0 Å². The fourth-order valence-corrected chi connectivity index (χ4v) is 0.326. The molecule has 0 radical (unpaired) electrons. The molecule has 27 valence electrons. The van der Waals surface area contributed by atoms with E-state index >= 15 is 0 Å². The van der Waals surface area contributed by atoms with Crippen molar-refractivity contribution in [2.24, 2.45) is 3.53 Å². The normalized spacial score (nSPS) is 7.80. The molecule has 3 heteroatoms. The third-order valence-electron chi connectivity index (χ3n) is 0.237. The van der Waals surface area contributed by atoms with E-state index in [4.69, 9.17) is 0 Å². The minimum absolute atomic E-state index is 0.927. The molecule has 0 spiro atoms. The first kappa shape index (κ1) is 5.47. The quantitative estimate of drug-likeness (QED) is 0.395. The van der Waals surface area contributed by atoms with Gasteiger partial charge in [-0.1, -0.05) is 0 Å². The van der Waals surface area contributed by atoms with Gasteiger partial charge >= 0.3 is 42.7 Å². The predicted octanol–water partition coefficient (Wildman–Crippen LogP) is 0.241. The standard InChI is InChI=1S/C2H6N2.Ti/c1-2-4-3;/h4H,2H2,1H3;/q;+1. The average Bonchev–Trinajstić information content (AvgIpc) is 1.41. The Morgan fingerprint density at radius 3 is 2.60 bits per heavy atom. The van der Waals surface area contributed by atoms with Crippen LogP contribution in [0.2, 0.25) is 0 Å². The molecule has 0 fully saturated rings. The molecule has 0 aromatic carbocycles. The summed E-state index contributed by atoms with van der Waals surface area (Å²) in [6.45, 7) is 2.93. The van der Waals surface area contributed by atoms with E-state index in [1.807, 2.05) is 6.92 Å². The van der Waals surface area contributed by atoms with Crippen LogP contribution in [0.25, 0.3) is 0 Å². The van der Waals surface area contributed by atoms with Gasteiger partial charge in [-0.3, -0.25) is 0 Å². The first-order chi connectivity index (χ1) is 2.41. The van der Waals surface area contributed by atoms with Crippen LogP contribution in [-0.2, 0) is 20.3 Å².